The first kappa shape index (κ1) is 30.6. The normalized spacial score (nSPS) is 13.0. The van der Waals surface area contributed by atoms with Gasteiger partial charge in [-0.3, -0.25) is 0 Å². The highest BCUT2D eigenvalue weighted by molar-refractivity contribution is 7.09. The lowest BCUT2D eigenvalue weighted by Crippen LogP contribution is -2.43. The van der Waals surface area contributed by atoms with Crippen LogP contribution in [0.3, 0.4) is 0 Å². The SMILES string of the molecule is CC(C)(C)OC(=O)N(Cc1nnc2ccc(-c3cc(CO[Si](C)(C)C(C)(C)C)ns3)nn12)C(=O)OC(C)(C)C. The minimum atomic E-state index is -1.91. The first-order chi connectivity index (χ1) is 17.8. The van der Waals surface area contributed by atoms with Crippen LogP contribution in [0.25, 0.3) is 16.2 Å². The summed E-state index contributed by atoms with van der Waals surface area (Å²) < 4.78 is 23.3. The topological polar surface area (TPSA) is 121 Å². The van der Waals surface area contributed by atoms with Crippen LogP contribution >= 0.6 is 11.5 Å². The van der Waals surface area contributed by atoms with E-state index in [1.165, 1.54) is 16.0 Å². The van der Waals surface area contributed by atoms with Gasteiger partial charge in [-0.05, 0) is 89.4 Å². The highest BCUT2D eigenvalue weighted by atomic mass is 32.1. The van der Waals surface area contributed by atoms with E-state index in [-0.39, 0.29) is 17.4 Å². The molecule has 0 atom stereocenters. The Morgan fingerprint density at radius 1 is 0.949 bits per heavy atom. The summed E-state index contributed by atoms with van der Waals surface area (Å²) in [6.45, 7) is 21.6. The molecule has 3 aromatic heterocycles. The van der Waals surface area contributed by atoms with Crippen LogP contribution in [0.5, 0.6) is 0 Å². The second-order valence-corrected chi connectivity index (χ2v) is 18.5. The summed E-state index contributed by atoms with van der Waals surface area (Å²) in [5.41, 5.74) is 0.336. The maximum Gasteiger partial charge on any atom is 0.420 e. The van der Waals surface area contributed by atoms with E-state index in [1.54, 1.807) is 47.6 Å². The predicted molar refractivity (Wildman–Crippen MR) is 152 cm³/mol. The van der Waals surface area contributed by atoms with Crippen molar-refractivity contribution in [2.75, 3.05) is 0 Å². The number of carbonyl (C=O) groups is 2. The standard InChI is InChI=1S/C26H40N6O5SSi/c1-24(2,3)36-22(33)31(23(34)37-25(4,5)6)15-21-28-27-20-13-12-18(29-32(20)21)19-14-17(30-38-19)16-35-39(10,11)26(7,8)9/h12-14H,15-16H2,1-11H3. The van der Waals surface area contributed by atoms with Crippen LogP contribution in [-0.4, -0.2) is 60.8 Å². The van der Waals surface area contributed by atoms with Gasteiger partial charge in [-0.25, -0.2) is 14.5 Å². The lowest BCUT2D eigenvalue weighted by molar-refractivity contribution is -0.000825. The summed E-state index contributed by atoms with van der Waals surface area (Å²) in [7, 11) is -1.91. The fourth-order valence-corrected chi connectivity index (χ4v) is 4.67. The van der Waals surface area contributed by atoms with E-state index in [0.717, 1.165) is 15.5 Å². The van der Waals surface area contributed by atoms with E-state index in [0.29, 0.717) is 17.9 Å². The van der Waals surface area contributed by atoms with E-state index in [4.69, 9.17) is 13.9 Å². The van der Waals surface area contributed by atoms with Crippen LogP contribution in [0, 0.1) is 0 Å². The molecule has 0 aliphatic carbocycles. The number of rotatable bonds is 6. The summed E-state index contributed by atoms with van der Waals surface area (Å²) >= 11 is 1.32. The van der Waals surface area contributed by atoms with Crippen molar-refractivity contribution in [2.24, 2.45) is 0 Å². The Morgan fingerprint density at radius 3 is 2.08 bits per heavy atom. The van der Waals surface area contributed by atoms with Gasteiger partial charge in [-0.1, -0.05) is 20.8 Å². The van der Waals surface area contributed by atoms with Crippen molar-refractivity contribution in [1.82, 2.24) is 29.1 Å². The quantitative estimate of drug-likeness (QED) is 0.305. The summed E-state index contributed by atoms with van der Waals surface area (Å²) in [6, 6.07) is 5.57. The highest BCUT2D eigenvalue weighted by Gasteiger charge is 2.37. The predicted octanol–water partition coefficient (Wildman–Crippen LogP) is 6.44. The number of ether oxygens (including phenoxy) is 2. The Balaban J connectivity index is 1.87. The summed E-state index contributed by atoms with van der Waals surface area (Å²) in [5.74, 6) is 0.273. The Hall–Kier alpha value is -2.90. The number of nitrogens with zero attached hydrogens (tertiary/aromatic N) is 6. The minimum Gasteiger partial charge on any atom is -0.443 e. The lowest BCUT2D eigenvalue weighted by Gasteiger charge is -2.35. The van der Waals surface area contributed by atoms with Gasteiger partial charge in [0.15, 0.2) is 19.8 Å². The molecule has 3 heterocycles. The van der Waals surface area contributed by atoms with E-state index < -0.39 is 31.7 Å². The molecular formula is C26H40N6O5SSi. The van der Waals surface area contributed by atoms with E-state index in [2.05, 4.69) is 53.5 Å². The fraction of sp³-hybridized carbons (Fsp3) is 0.615. The zero-order chi connectivity index (χ0) is 29.4. The van der Waals surface area contributed by atoms with Gasteiger partial charge in [0.2, 0.25) is 0 Å². The first-order valence-corrected chi connectivity index (χ1v) is 16.5. The minimum absolute atomic E-state index is 0.107. The molecule has 0 bridgehead atoms. The summed E-state index contributed by atoms with van der Waals surface area (Å²) in [4.78, 5) is 27.6. The first-order valence-electron chi connectivity index (χ1n) is 12.8. The van der Waals surface area contributed by atoms with Crippen molar-refractivity contribution in [3.05, 3.63) is 29.7 Å². The number of aromatic nitrogens is 5. The summed E-state index contributed by atoms with van der Waals surface area (Å²) in [6.07, 6.45) is -1.70. The fourth-order valence-electron chi connectivity index (χ4n) is 3.01. The molecule has 0 saturated carbocycles. The molecule has 0 radical (unpaired) electrons. The third kappa shape index (κ3) is 8.05. The van der Waals surface area contributed by atoms with Crippen LogP contribution in [0.4, 0.5) is 9.59 Å². The maximum atomic E-state index is 12.9. The number of imide groups is 1. The van der Waals surface area contributed by atoms with Crippen LogP contribution < -0.4 is 0 Å². The molecule has 0 aliphatic rings. The molecule has 0 unspecified atom stereocenters. The molecule has 0 aliphatic heterocycles. The van der Waals surface area contributed by atoms with E-state index in [9.17, 15) is 9.59 Å². The second-order valence-electron chi connectivity index (χ2n) is 12.9. The largest absolute Gasteiger partial charge is 0.443 e. The molecule has 13 heteroatoms. The molecule has 214 valence electrons. The van der Waals surface area contributed by atoms with Gasteiger partial charge in [0, 0.05) is 0 Å². The van der Waals surface area contributed by atoms with Crippen LogP contribution in [0.2, 0.25) is 18.1 Å². The van der Waals surface area contributed by atoms with Gasteiger partial charge >= 0.3 is 12.2 Å². The number of hydrogen-bond donors (Lipinski definition) is 0. The highest BCUT2D eigenvalue weighted by Crippen LogP contribution is 2.37. The van der Waals surface area contributed by atoms with E-state index in [1.807, 2.05) is 12.1 Å². The average Bonchev–Trinajstić information content (AvgIpc) is 3.39. The van der Waals surface area contributed by atoms with Crippen molar-refractivity contribution >= 4 is 37.7 Å². The third-order valence-electron chi connectivity index (χ3n) is 6.05. The Kier molecular flexibility index (Phi) is 8.59. The Labute approximate surface area is 235 Å². The molecule has 0 fully saturated rings. The van der Waals surface area contributed by atoms with Gasteiger partial charge in [0.1, 0.15) is 16.9 Å². The number of amides is 2. The molecule has 0 spiro atoms. The smallest absolute Gasteiger partial charge is 0.420 e. The lowest BCUT2D eigenvalue weighted by atomic mass is 10.2. The molecule has 2 amide bonds. The second kappa shape index (κ2) is 10.9. The van der Waals surface area contributed by atoms with Crippen molar-refractivity contribution in [3.63, 3.8) is 0 Å². The van der Waals surface area contributed by atoms with Crippen molar-refractivity contribution in [2.45, 2.75) is 105 Å². The molecule has 39 heavy (non-hydrogen) atoms. The molecule has 3 rings (SSSR count). The molecular weight excluding hydrogens is 536 g/mol. The molecule has 0 N–H and O–H groups in total. The van der Waals surface area contributed by atoms with Gasteiger partial charge in [-0.15, -0.1) is 10.2 Å². The average molecular weight is 577 g/mol. The Bertz CT molecular complexity index is 1310. The van der Waals surface area contributed by atoms with Crippen LogP contribution in [0.1, 0.15) is 73.8 Å². The van der Waals surface area contributed by atoms with Crippen molar-refractivity contribution in [3.8, 4) is 10.6 Å². The number of fused-ring (bicyclic) bond motifs is 1. The molecule has 11 nitrogen and oxygen atoms in total. The van der Waals surface area contributed by atoms with Gasteiger partial charge < -0.3 is 13.9 Å². The molecule has 0 aromatic carbocycles. The van der Waals surface area contributed by atoms with E-state index >= 15 is 0 Å². The zero-order valence-corrected chi connectivity index (χ0v) is 26.6. The number of carbonyl (C=O) groups excluding carboxylic acids is 2. The maximum absolute atomic E-state index is 12.9. The van der Waals surface area contributed by atoms with Gasteiger partial charge in [0.25, 0.3) is 0 Å². The molecule has 3 aromatic rings. The zero-order valence-electron chi connectivity index (χ0n) is 24.8. The van der Waals surface area contributed by atoms with Crippen LogP contribution in [-0.2, 0) is 27.1 Å². The molecule has 0 saturated heterocycles. The Morgan fingerprint density at radius 2 is 1.54 bits per heavy atom. The number of hydrogen-bond acceptors (Lipinski definition) is 10. The van der Waals surface area contributed by atoms with Crippen LogP contribution in [0.15, 0.2) is 18.2 Å². The third-order valence-corrected chi connectivity index (χ3v) is 11.4. The van der Waals surface area contributed by atoms with Gasteiger partial charge in [-0.2, -0.15) is 14.0 Å². The van der Waals surface area contributed by atoms with Gasteiger partial charge in [0.05, 0.1) is 23.7 Å². The summed E-state index contributed by atoms with van der Waals surface area (Å²) in [5, 5.41) is 13.1. The monoisotopic (exact) mass is 576 g/mol. The van der Waals surface area contributed by atoms with Crippen molar-refractivity contribution < 1.29 is 23.5 Å². The van der Waals surface area contributed by atoms with Crippen molar-refractivity contribution in [1.29, 1.82) is 0 Å².